The molecule has 0 aliphatic heterocycles. The van der Waals surface area contributed by atoms with E-state index in [0.717, 1.165) is 16.3 Å². The van der Waals surface area contributed by atoms with Gasteiger partial charge in [-0.3, -0.25) is 0 Å². The van der Waals surface area contributed by atoms with Crippen molar-refractivity contribution < 1.29 is 8.42 Å². The normalized spacial score (nSPS) is 12.3. The molecule has 0 spiro atoms. The monoisotopic (exact) mass is 260 g/mol. The molecular formula is C15H16O2S. The standard InChI is InChI=1S/C15H16O2S/c1-2-3-11-18(16,17)12-14-9-6-8-13-7-4-5-10-15(13)14/h2-10H,11-12H2,1H3. The van der Waals surface area contributed by atoms with Crippen LogP contribution in [-0.4, -0.2) is 14.2 Å². The largest absolute Gasteiger partial charge is 0.228 e. The van der Waals surface area contributed by atoms with Crippen LogP contribution in [0.25, 0.3) is 10.8 Å². The Hall–Kier alpha value is -1.61. The minimum absolute atomic E-state index is 0.0959. The van der Waals surface area contributed by atoms with Gasteiger partial charge in [-0.25, -0.2) is 8.42 Å². The molecule has 2 nitrogen and oxygen atoms in total. The second kappa shape index (κ2) is 5.36. The van der Waals surface area contributed by atoms with E-state index in [1.807, 2.05) is 49.4 Å². The van der Waals surface area contributed by atoms with Crippen molar-refractivity contribution in [2.24, 2.45) is 0 Å². The lowest BCUT2D eigenvalue weighted by Crippen LogP contribution is -2.07. The zero-order chi connectivity index (χ0) is 13.0. The summed E-state index contributed by atoms with van der Waals surface area (Å²) in [6.45, 7) is 1.83. The number of allylic oxidation sites excluding steroid dienone is 1. The fourth-order valence-corrected chi connectivity index (χ4v) is 3.29. The van der Waals surface area contributed by atoms with Crippen molar-refractivity contribution in [2.75, 3.05) is 5.75 Å². The summed E-state index contributed by atoms with van der Waals surface area (Å²) in [7, 11) is -3.08. The van der Waals surface area contributed by atoms with E-state index in [9.17, 15) is 8.42 Å². The summed E-state index contributed by atoms with van der Waals surface area (Å²) >= 11 is 0. The quantitative estimate of drug-likeness (QED) is 0.790. The molecule has 0 bridgehead atoms. The number of sulfone groups is 1. The maximum Gasteiger partial charge on any atom is 0.158 e. The third kappa shape index (κ3) is 2.99. The van der Waals surface area contributed by atoms with E-state index in [2.05, 4.69) is 0 Å². The van der Waals surface area contributed by atoms with Crippen molar-refractivity contribution in [1.29, 1.82) is 0 Å². The molecular weight excluding hydrogens is 244 g/mol. The molecule has 0 aliphatic rings. The number of fused-ring (bicyclic) bond motifs is 1. The predicted molar refractivity (Wildman–Crippen MR) is 76.3 cm³/mol. The Labute approximate surface area is 108 Å². The summed E-state index contributed by atoms with van der Waals surface area (Å²) in [4.78, 5) is 0. The maximum absolute atomic E-state index is 12.0. The van der Waals surface area contributed by atoms with Gasteiger partial charge in [0.15, 0.2) is 9.84 Å². The van der Waals surface area contributed by atoms with Gasteiger partial charge >= 0.3 is 0 Å². The van der Waals surface area contributed by atoms with Crippen LogP contribution < -0.4 is 0 Å². The smallest absolute Gasteiger partial charge is 0.158 e. The molecule has 0 saturated carbocycles. The highest BCUT2D eigenvalue weighted by atomic mass is 32.2. The Morgan fingerprint density at radius 1 is 1.06 bits per heavy atom. The first kappa shape index (κ1) is 12.8. The van der Waals surface area contributed by atoms with Gasteiger partial charge in [-0.05, 0) is 23.3 Å². The van der Waals surface area contributed by atoms with E-state index >= 15 is 0 Å². The number of rotatable bonds is 4. The van der Waals surface area contributed by atoms with Crippen molar-refractivity contribution in [1.82, 2.24) is 0 Å². The van der Waals surface area contributed by atoms with Crippen molar-refractivity contribution in [3.8, 4) is 0 Å². The number of benzene rings is 2. The minimum atomic E-state index is -3.08. The Kier molecular flexibility index (Phi) is 3.82. The van der Waals surface area contributed by atoms with Gasteiger partial charge in [-0.2, -0.15) is 0 Å². The molecule has 0 amide bonds. The summed E-state index contributed by atoms with van der Waals surface area (Å²) in [6.07, 6.45) is 3.45. The molecule has 0 heterocycles. The van der Waals surface area contributed by atoms with Crippen LogP contribution in [0.2, 0.25) is 0 Å². The zero-order valence-electron chi connectivity index (χ0n) is 10.3. The Morgan fingerprint density at radius 2 is 1.78 bits per heavy atom. The average molecular weight is 260 g/mol. The van der Waals surface area contributed by atoms with Crippen LogP contribution in [0.15, 0.2) is 54.6 Å². The Balaban J connectivity index is 2.38. The van der Waals surface area contributed by atoms with Crippen LogP contribution in [0.4, 0.5) is 0 Å². The fraction of sp³-hybridized carbons (Fsp3) is 0.200. The topological polar surface area (TPSA) is 34.1 Å². The van der Waals surface area contributed by atoms with Gasteiger partial charge in [0.05, 0.1) is 11.5 Å². The summed E-state index contributed by atoms with van der Waals surface area (Å²) in [5, 5.41) is 2.10. The Bertz CT molecular complexity index is 664. The van der Waals surface area contributed by atoms with E-state index in [4.69, 9.17) is 0 Å². The second-order valence-electron chi connectivity index (χ2n) is 4.26. The summed E-state index contributed by atoms with van der Waals surface area (Å²) in [5.74, 6) is 0.200. The first-order chi connectivity index (χ1) is 8.62. The molecule has 0 atom stereocenters. The minimum Gasteiger partial charge on any atom is -0.228 e. The summed E-state index contributed by atoms with van der Waals surface area (Å²) < 4.78 is 23.9. The molecule has 2 aromatic rings. The van der Waals surface area contributed by atoms with Gasteiger partial charge in [0.2, 0.25) is 0 Å². The summed E-state index contributed by atoms with van der Waals surface area (Å²) in [6, 6.07) is 13.6. The molecule has 3 heteroatoms. The van der Waals surface area contributed by atoms with E-state index in [1.165, 1.54) is 0 Å². The lowest BCUT2D eigenvalue weighted by molar-refractivity contribution is 0.598. The number of hydrogen-bond acceptors (Lipinski definition) is 2. The lowest BCUT2D eigenvalue weighted by Gasteiger charge is -2.06. The van der Waals surface area contributed by atoms with Crippen molar-refractivity contribution >= 4 is 20.6 Å². The first-order valence-corrected chi connectivity index (χ1v) is 7.73. The summed E-state index contributed by atoms with van der Waals surface area (Å²) in [5.41, 5.74) is 0.873. The van der Waals surface area contributed by atoms with Gasteiger partial charge in [-0.1, -0.05) is 54.6 Å². The third-order valence-electron chi connectivity index (χ3n) is 2.84. The predicted octanol–water partition coefficient (Wildman–Crippen LogP) is 3.33. The fourth-order valence-electron chi connectivity index (χ4n) is 1.96. The molecule has 2 aromatic carbocycles. The van der Waals surface area contributed by atoms with Crippen LogP contribution >= 0.6 is 0 Å². The Morgan fingerprint density at radius 3 is 2.56 bits per heavy atom. The van der Waals surface area contributed by atoms with E-state index in [-0.39, 0.29) is 11.5 Å². The van der Waals surface area contributed by atoms with E-state index in [1.54, 1.807) is 12.2 Å². The second-order valence-corrected chi connectivity index (χ2v) is 6.37. The van der Waals surface area contributed by atoms with Gasteiger partial charge in [-0.15, -0.1) is 0 Å². The van der Waals surface area contributed by atoms with Crippen molar-refractivity contribution in [3.05, 3.63) is 60.2 Å². The zero-order valence-corrected chi connectivity index (χ0v) is 11.2. The lowest BCUT2D eigenvalue weighted by atomic mass is 10.1. The van der Waals surface area contributed by atoms with Crippen LogP contribution in [0.5, 0.6) is 0 Å². The molecule has 0 fully saturated rings. The van der Waals surface area contributed by atoms with Crippen LogP contribution in [0, 0.1) is 0 Å². The maximum atomic E-state index is 12.0. The first-order valence-electron chi connectivity index (χ1n) is 5.90. The van der Waals surface area contributed by atoms with Crippen molar-refractivity contribution in [3.63, 3.8) is 0 Å². The highest BCUT2D eigenvalue weighted by Crippen LogP contribution is 2.20. The highest BCUT2D eigenvalue weighted by Gasteiger charge is 2.11. The highest BCUT2D eigenvalue weighted by molar-refractivity contribution is 7.90. The molecule has 0 aromatic heterocycles. The van der Waals surface area contributed by atoms with Crippen LogP contribution in [0.1, 0.15) is 12.5 Å². The SMILES string of the molecule is CC=CCS(=O)(=O)Cc1cccc2ccccc12. The molecule has 0 saturated heterocycles. The number of hydrogen-bond donors (Lipinski definition) is 0. The van der Waals surface area contributed by atoms with E-state index in [0.29, 0.717) is 0 Å². The van der Waals surface area contributed by atoms with Crippen molar-refractivity contribution in [2.45, 2.75) is 12.7 Å². The molecule has 0 unspecified atom stereocenters. The van der Waals surface area contributed by atoms with Gasteiger partial charge < -0.3 is 0 Å². The van der Waals surface area contributed by atoms with Crippen LogP contribution in [-0.2, 0) is 15.6 Å². The average Bonchev–Trinajstić information content (AvgIpc) is 2.37. The molecule has 94 valence electrons. The van der Waals surface area contributed by atoms with Gasteiger partial charge in [0.1, 0.15) is 0 Å². The molecule has 18 heavy (non-hydrogen) atoms. The van der Waals surface area contributed by atoms with Gasteiger partial charge in [0.25, 0.3) is 0 Å². The molecule has 0 radical (unpaired) electrons. The molecule has 2 rings (SSSR count). The van der Waals surface area contributed by atoms with Crippen LogP contribution in [0.3, 0.4) is 0 Å². The van der Waals surface area contributed by atoms with Gasteiger partial charge in [0, 0.05) is 0 Å². The van der Waals surface area contributed by atoms with E-state index < -0.39 is 9.84 Å². The molecule has 0 aliphatic carbocycles. The molecule has 0 N–H and O–H groups in total. The third-order valence-corrected chi connectivity index (χ3v) is 4.29.